The molecule has 6 heteroatoms. The summed E-state index contributed by atoms with van der Waals surface area (Å²) in [5, 5.41) is 12.2. The molecule has 0 saturated carbocycles. The topological polar surface area (TPSA) is 88.1 Å². The maximum Gasteiger partial charge on any atom is 0.234 e. The average molecular weight is 280 g/mol. The number of hydrogen-bond donors (Lipinski definition) is 2. The van der Waals surface area contributed by atoms with Gasteiger partial charge in [-0.15, -0.1) is 0 Å². The normalized spacial score (nSPS) is 25.9. The van der Waals surface area contributed by atoms with E-state index in [1.165, 1.54) is 0 Å². The number of amides is 1. The lowest BCUT2D eigenvalue weighted by Crippen LogP contribution is -2.47. The second-order valence-electron chi connectivity index (χ2n) is 4.79. The van der Waals surface area contributed by atoms with E-state index >= 15 is 0 Å². The fraction of sp³-hybridized carbons (Fsp3) is 0.385. The van der Waals surface area contributed by atoms with E-state index in [1.807, 2.05) is 6.07 Å². The molecule has 3 N–H and O–H groups in total. The lowest BCUT2D eigenvalue weighted by molar-refractivity contribution is -0.125. The zero-order valence-electron chi connectivity index (χ0n) is 10.4. The molecule has 0 spiro atoms. The number of nitrogens with one attached hydrogen (secondary N) is 1. The first-order valence-corrected chi connectivity index (χ1v) is 6.19. The second kappa shape index (κ2) is 5.17. The maximum absolute atomic E-state index is 12.3. The molecule has 2 atom stereocenters. The Labute approximate surface area is 116 Å². The van der Waals surface area contributed by atoms with Crippen LogP contribution in [-0.4, -0.2) is 25.2 Å². The van der Waals surface area contributed by atoms with Gasteiger partial charge in [-0.2, -0.15) is 5.26 Å². The third-order valence-electron chi connectivity index (χ3n) is 3.39. The summed E-state index contributed by atoms with van der Waals surface area (Å²) in [5.74, 6) is -0.267. The van der Waals surface area contributed by atoms with Crippen LogP contribution in [0.2, 0.25) is 5.02 Å². The SMILES string of the molecule is CC1(C(=O)Nc2cc(Cl)ccc2C#N)COCC1N. The van der Waals surface area contributed by atoms with Crippen molar-refractivity contribution >= 4 is 23.2 Å². The number of anilines is 1. The average Bonchev–Trinajstić information content (AvgIpc) is 2.71. The number of nitrogens with two attached hydrogens (primary N) is 1. The molecule has 1 heterocycles. The molecule has 0 bridgehead atoms. The van der Waals surface area contributed by atoms with Gasteiger partial charge in [0, 0.05) is 11.1 Å². The molecule has 2 rings (SSSR count). The van der Waals surface area contributed by atoms with Gasteiger partial charge >= 0.3 is 0 Å². The highest BCUT2D eigenvalue weighted by molar-refractivity contribution is 6.31. The first kappa shape index (κ1) is 13.8. The van der Waals surface area contributed by atoms with Crippen LogP contribution in [0.3, 0.4) is 0 Å². The van der Waals surface area contributed by atoms with Gasteiger partial charge in [0.25, 0.3) is 0 Å². The molecule has 0 aliphatic carbocycles. The van der Waals surface area contributed by atoms with Crippen molar-refractivity contribution in [2.24, 2.45) is 11.1 Å². The molecule has 0 aromatic heterocycles. The number of rotatable bonds is 2. The van der Waals surface area contributed by atoms with Gasteiger partial charge in [0.1, 0.15) is 6.07 Å². The minimum absolute atomic E-state index is 0.266. The Morgan fingerprint density at radius 1 is 1.68 bits per heavy atom. The van der Waals surface area contributed by atoms with E-state index in [9.17, 15) is 4.79 Å². The summed E-state index contributed by atoms with van der Waals surface area (Å²) in [5.41, 5.74) is 5.84. The summed E-state index contributed by atoms with van der Waals surface area (Å²) >= 11 is 5.87. The fourth-order valence-electron chi connectivity index (χ4n) is 1.91. The molecule has 1 fully saturated rings. The highest BCUT2D eigenvalue weighted by Gasteiger charge is 2.44. The van der Waals surface area contributed by atoms with E-state index < -0.39 is 5.41 Å². The van der Waals surface area contributed by atoms with E-state index in [1.54, 1.807) is 25.1 Å². The Balaban J connectivity index is 2.24. The first-order chi connectivity index (χ1) is 8.97. The van der Waals surface area contributed by atoms with Crippen molar-refractivity contribution in [3.63, 3.8) is 0 Å². The van der Waals surface area contributed by atoms with Crippen molar-refractivity contribution in [2.45, 2.75) is 13.0 Å². The monoisotopic (exact) mass is 279 g/mol. The summed E-state index contributed by atoms with van der Waals surface area (Å²) in [4.78, 5) is 12.3. The number of halogens is 1. The minimum Gasteiger partial charge on any atom is -0.379 e. The molecule has 1 aromatic carbocycles. The van der Waals surface area contributed by atoms with Gasteiger partial charge in [0.05, 0.1) is 29.9 Å². The fourth-order valence-corrected chi connectivity index (χ4v) is 2.08. The molecule has 1 saturated heterocycles. The molecule has 1 aliphatic rings. The molecule has 1 aliphatic heterocycles. The summed E-state index contributed by atoms with van der Waals surface area (Å²) < 4.78 is 5.23. The van der Waals surface area contributed by atoms with Crippen molar-refractivity contribution in [1.82, 2.24) is 0 Å². The predicted octanol–water partition coefficient (Wildman–Crippen LogP) is 1.51. The molecule has 1 aromatic rings. The minimum atomic E-state index is -0.797. The third-order valence-corrected chi connectivity index (χ3v) is 3.62. The van der Waals surface area contributed by atoms with Crippen LogP contribution in [0.5, 0.6) is 0 Å². The van der Waals surface area contributed by atoms with Crippen molar-refractivity contribution in [1.29, 1.82) is 5.26 Å². The van der Waals surface area contributed by atoms with Crippen molar-refractivity contribution in [2.75, 3.05) is 18.5 Å². The smallest absolute Gasteiger partial charge is 0.234 e. The van der Waals surface area contributed by atoms with Crippen LogP contribution in [-0.2, 0) is 9.53 Å². The standard InChI is InChI=1S/C13H14ClN3O2/c1-13(7-19-6-11(13)16)12(18)17-10-4-9(14)3-2-8(10)5-15/h2-4,11H,6-7,16H2,1H3,(H,17,18). The van der Waals surface area contributed by atoms with E-state index in [4.69, 9.17) is 27.3 Å². The van der Waals surface area contributed by atoms with Crippen LogP contribution in [0.1, 0.15) is 12.5 Å². The number of nitrogens with zero attached hydrogens (tertiary/aromatic N) is 1. The quantitative estimate of drug-likeness (QED) is 0.859. The number of hydrogen-bond acceptors (Lipinski definition) is 4. The Morgan fingerprint density at radius 3 is 3.00 bits per heavy atom. The van der Waals surface area contributed by atoms with Crippen molar-refractivity contribution < 1.29 is 9.53 Å². The first-order valence-electron chi connectivity index (χ1n) is 5.82. The van der Waals surface area contributed by atoms with Crippen molar-refractivity contribution in [3.8, 4) is 6.07 Å². The van der Waals surface area contributed by atoms with E-state index in [2.05, 4.69) is 5.32 Å². The van der Waals surface area contributed by atoms with E-state index in [-0.39, 0.29) is 18.6 Å². The number of carbonyl (C=O) groups excluding carboxylic acids is 1. The number of carbonyl (C=O) groups is 1. The number of ether oxygens (including phenoxy) is 1. The molecule has 5 nitrogen and oxygen atoms in total. The van der Waals surface area contributed by atoms with Gasteiger partial charge in [-0.05, 0) is 25.1 Å². The van der Waals surface area contributed by atoms with Crippen LogP contribution in [0.15, 0.2) is 18.2 Å². The highest BCUT2D eigenvalue weighted by Crippen LogP contribution is 2.30. The van der Waals surface area contributed by atoms with Crippen LogP contribution in [0.25, 0.3) is 0 Å². The Bertz CT molecular complexity index is 555. The van der Waals surface area contributed by atoms with Crippen LogP contribution in [0, 0.1) is 16.7 Å². The van der Waals surface area contributed by atoms with E-state index in [0.717, 1.165) is 0 Å². The van der Waals surface area contributed by atoms with E-state index in [0.29, 0.717) is 22.9 Å². The molecule has 100 valence electrons. The molecule has 1 amide bonds. The number of benzene rings is 1. The zero-order chi connectivity index (χ0) is 14.0. The lowest BCUT2D eigenvalue weighted by atomic mass is 9.84. The Hall–Kier alpha value is -1.61. The van der Waals surface area contributed by atoms with Gasteiger partial charge in [-0.3, -0.25) is 4.79 Å². The van der Waals surface area contributed by atoms with Gasteiger partial charge in [0.15, 0.2) is 0 Å². The van der Waals surface area contributed by atoms with Gasteiger partial charge in [-0.25, -0.2) is 0 Å². The van der Waals surface area contributed by atoms with Crippen molar-refractivity contribution in [3.05, 3.63) is 28.8 Å². The third kappa shape index (κ3) is 2.56. The molecule has 2 unspecified atom stereocenters. The molecule has 0 radical (unpaired) electrons. The summed E-state index contributed by atoms with van der Waals surface area (Å²) in [6.07, 6.45) is 0. The van der Waals surface area contributed by atoms with Crippen LogP contribution < -0.4 is 11.1 Å². The Morgan fingerprint density at radius 2 is 2.42 bits per heavy atom. The summed E-state index contributed by atoms with van der Waals surface area (Å²) in [7, 11) is 0. The number of nitriles is 1. The maximum atomic E-state index is 12.3. The largest absolute Gasteiger partial charge is 0.379 e. The molecule has 19 heavy (non-hydrogen) atoms. The lowest BCUT2D eigenvalue weighted by Gasteiger charge is -2.25. The second-order valence-corrected chi connectivity index (χ2v) is 5.23. The molecular formula is C13H14ClN3O2. The zero-order valence-corrected chi connectivity index (χ0v) is 11.2. The summed E-state index contributed by atoms with van der Waals surface area (Å²) in [6.45, 7) is 2.36. The highest BCUT2D eigenvalue weighted by atomic mass is 35.5. The van der Waals surface area contributed by atoms with Crippen LogP contribution in [0.4, 0.5) is 5.69 Å². The summed E-state index contributed by atoms with van der Waals surface area (Å²) in [6, 6.07) is 6.35. The predicted molar refractivity (Wildman–Crippen MR) is 71.7 cm³/mol. The Kier molecular flexibility index (Phi) is 3.76. The van der Waals surface area contributed by atoms with Gasteiger partial charge in [-0.1, -0.05) is 11.6 Å². The van der Waals surface area contributed by atoms with Crippen LogP contribution >= 0.6 is 11.6 Å². The van der Waals surface area contributed by atoms with Gasteiger partial charge in [0.2, 0.25) is 5.91 Å². The van der Waals surface area contributed by atoms with Gasteiger partial charge < -0.3 is 15.8 Å². The molecular weight excluding hydrogens is 266 g/mol.